The molecule has 1 heterocycles. The predicted molar refractivity (Wildman–Crippen MR) is 82.2 cm³/mol. The van der Waals surface area contributed by atoms with E-state index in [4.69, 9.17) is 10.9 Å². The lowest BCUT2D eigenvalue weighted by Gasteiger charge is -2.08. The van der Waals surface area contributed by atoms with E-state index in [9.17, 15) is 0 Å². The molecule has 3 N–H and O–H groups in total. The first-order valence-electron chi connectivity index (χ1n) is 6.24. The topological polar surface area (TPSA) is 71.5 Å². The highest BCUT2D eigenvalue weighted by molar-refractivity contribution is 7.98. The fourth-order valence-corrected chi connectivity index (χ4v) is 3.01. The second-order valence-electron chi connectivity index (χ2n) is 4.56. The van der Waals surface area contributed by atoms with Gasteiger partial charge in [-0.3, -0.25) is 0 Å². The zero-order valence-corrected chi connectivity index (χ0v) is 12.3. The maximum Gasteiger partial charge on any atom is 0.170 e. The van der Waals surface area contributed by atoms with E-state index in [1.54, 1.807) is 11.8 Å². The van der Waals surface area contributed by atoms with Gasteiger partial charge in [0.05, 0.1) is 5.03 Å². The van der Waals surface area contributed by atoms with Gasteiger partial charge in [-0.15, -0.1) is 11.8 Å². The van der Waals surface area contributed by atoms with E-state index in [0.29, 0.717) is 0 Å². The number of benzene rings is 1. The molecule has 0 aliphatic rings. The predicted octanol–water partition coefficient (Wildman–Crippen LogP) is 3.09. The number of thioether (sulfide) groups is 1. The Balaban J connectivity index is 2.19. The number of rotatable bonds is 4. The van der Waals surface area contributed by atoms with E-state index in [1.807, 2.05) is 31.2 Å². The van der Waals surface area contributed by atoms with E-state index in [1.165, 1.54) is 5.56 Å². The fourth-order valence-electron chi connectivity index (χ4n) is 1.98. The van der Waals surface area contributed by atoms with Crippen LogP contribution in [-0.4, -0.2) is 16.0 Å². The highest BCUT2D eigenvalue weighted by Gasteiger charge is 2.07. The molecule has 0 aliphatic heterocycles. The summed E-state index contributed by atoms with van der Waals surface area (Å²) < 4.78 is 0. The Labute approximate surface area is 122 Å². The quantitative estimate of drug-likeness (QED) is 0.298. The standard InChI is InChI=1S/C15H17N3OS/c1-10-7-11(2)17-14(8-10)20-9-12-5-3-4-6-13(12)15(16)18-19/h3-8,19H,9H2,1-2H3,(H2,16,18). The van der Waals surface area contributed by atoms with Crippen LogP contribution in [0.25, 0.3) is 0 Å². The van der Waals surface area contributed by atoms with Gasteiger partial charge in [0.15, 0.2) is 5.84 Å². The molecule has 0 saturated carbocycles. The molecule has 20 heavy (non-hydrogen) atoms. The minimum atomic E-state index is 0.134. The number of pyridine rings is 1. The van der Waals surface area contributed by atoms with Gasteiger partial charge in [0, 0.05) is 17.0 Å². The number of oxime groups is 1. The number of amidine groups is 1. The van der Waals surface area contributed by atoms with Gasteiger partial charge in [0.1, 0.15) is 0 Å². The Morgan fingerprint density at radius 2 is 2.05 bits per heavy atom. The first-order valence-corrected chi connectivity index (χ1v) is 7.22. The molecule has 104 valence electrons. The molecule has 2 rings (SSSR count). The molecule has 2 aromatic rings. The first kappa shape index (κ1) is 14.4. The Hall–Kier alpha value is -2.01. The molecular weight excluding hydrogens is 270 g/mol. The van der Waals surface area contributed by atoms with Crippen LogP contribution in [0.1, 0.15) is 22.4 Å². The van der Waals surface area contributed by atoms with Crippen molar-refractivity contribution in [2.75, 3.05) is 0 Å². The Morgan fingerprint density at radius 1 is 1.30 bits per heavy atom. The minimum Gasteiger partial charge on any atom is -0.409 e. The second-order valence-corrected chi connectivity index (χ2v) is 5.55. The van der Waals surface area contributed by atoms with E-state index in [2.05, 4.69) is 29.2 Å². The lowest BCUT2D eigenvalue weighted by molar-refractivity contribution is 0.318. The average molecular weight is 287 g/mol. The smallest absolute Gasteiger partial charge is 0.170 e. The van der Waals surface area contributed by atoms with Crippen LogP contribution in [0.15, 0.2) is 46.6 Å². The summed E-state index contributed by atoms with van der Waals surface area (Å²) in [7, 11) is 0. The van der Waals surface area contributed by atoms with Crippen LogP contribution >= 0.6 is 11.8 Å². The summed E-state index contributed by atoms with van der Waals surface area (Å²) in [5.74, 6) is 0.858. The van der Waals surface area contributed by atoms with Gasteiger partial charge in [-0.25, -0.2) is 4.98 Å². The van der Waals surface area contributed by atoms with Gasteiger partial charge in [0.25, 0.3) is 0 Å². The third-order valence-electron chi connectivity index (χ3n) is 2.85. The number of hydrogen-bond donors (Lipinski definition) is 2. The highest BCUT2D eigenvalue weighted by atomic mass is 32.2. The van der Waals surface area contributed by atoms with Crippen molar-refractivity contribution >= 4 is 17.6 Å². The van der Waals surface area contributed by atoms with Crippen LogP contribution in [0.3, 0.4) is 0 Å². The van der Waals surface area contributed by atoms with Crippen LogP contribution in [0, 0.1) is 13.8 Å². The third-order valence-corrected chi connectivity index (χ3v) is 3.81. The normalized spacial score (nSPS) is 11.6. The van der Waals surface area contributed by atoms with Gasteiger partial charge in [0.2, 0.25) is 0 Å². The van der Waals surface area contributed by atoms with Crippen LogP contribution < -0.4 is 5.73 Å². The molecule has 0 unspecified atom stereocenters. The average Bonchev–Trinajstić information content (AvgIpc) is 2.43. The summed E-state index contributed by atoms with van der Waals surface area (Å²) in [4.78, 5) is 4.50. The van der Waals surface area contributed by atoms with Crippen LogP contribution in [0.4, 0.5) is 0 Å². The summed E-state index contributed by atoms with van der Waals surface area (Å²) in [6, 6.07) is 11.7. The summed E-state index contributed by atoms with van der Waals surface area (Å²) in [5, 5.41) is 12.9. The van der Waals surface area contributed by atoms with E-state index >= 15 is 0 Å². The van der Waals surface area contributed by atoms with Gasteiger partial charge in [-0.1, -0.05) is 29.4 Å². The van der Waals surface area contributed by atoms with Crippen molar-refractivity contribution in [1.29, 1.82) is 0 Å². The second kappa shape index (κ2) is 6.43. The lowest BCUT2D eigenvalue weighted by atomic mass is 10.1. The molecule has 0 fully saturated rings. The maximum absolute atomic E-state index is 8.81. The number of nitrogens with two attached hydrogens (primary N) is 1. The van der Waals surface area contributed by atoms with Crippen LogP contribution in [0.2, 0.25) is 0 Å². The lowest BCUT2D eigenvalue weighted by Crippen LogP contribution is -2.15. The fraction of sp³-hybridized carbons (Fsp3) is 0.200. The Bertz CT molecular complexity index is 621. The molecular formula is C15H17N3OS. The van der Waals surface area contributed by atoms with Crippen molar-refractivity contribution in [2.24, 2.45) is 10.9 Å². The molecule has 0 amide bonds. The zero-order valence-electron chi connectivity index (χ0n) is 11.5. The summed E-state index contributed by atoms with van der Waals surface area (Å²) in [6.45, 7) is 4.05. The molecule has 0 bridgehead atoms. The number of aromatic nitrogens is 1. The van der Waals surface area contributed by atoms with Crippen molar-refractivity contribution in [2.45, 2.75) is 24.6 Å². The minimum absolute atomic E-state index is 0.134. The molecule has 0 radical (unpaired) electrons. The summed E-state index contributed by atoms with van der Waals surface area (Å²) in [5.41, 5.74) is 9.68. The van der Waals surface area contributed by atoms with E-state index in [-0.39, 0.29) is 5.84 Å². The highest BCUT2D eigenvalue weighted by Crippen LogP contribution is 2.24. The SMILES string of the molecule is Cc1cc(C)nc(SCc2ccccc2/C(N)=N/O)c1. The molecule has 0 saturated heterocycles. The zero-order chi connectivity index (χ0) is 14.5. The van der Waals surface area contributed by atoms with Gasteiger partial charge >= 0.3 is 0 Å². The third kappa shape index (κ3) is 3.51. The maximum atomic E-state index is 8.81. The van der Waals surface area contributed by atoms with Gasteiger partial charge in [-0.2, -0.15) is 0 Å². The molecule has 4 nitrogen and oxygen atoms in total. The van der Waals surface area contributed by atoms with Crippen molar-refractivity contribution in [3.8, 4) is 0 Å². The monoisotopic (exact) mass is 287 g/mol. The van der Waals surface area contributed by atoms with Crippen molar-refractivity contribution in [1.82, 2.24) is 4.98 Å². The van der Waals surface area contributed by atoms with Crippen molar-refractivity contribution < 1.29 is 5.21 Å². The number of aryl methyl sites for hydroxylation is 2. The van der Waals surface area contributed by atoms with Gasteiger partial charge < -0.3 is 10.9 Å². The molecule has 1 aromatic carbocycles. The van der Waals surface area contributed by atoms with E-state index in [0.717, 1.165) is 27.6 Å². The molecule has 0 aliphatic carbocycles. The molecule has 1 aromatic heterocycles. The molecule has 0 spiro atoms. The molecule has 0 atom stereocenters. The largest absolute Gasteiger partial charge is 0.409 e. The molecule has 5 heteroatoms. The van der Waals surface area contributed by atoms with Crippen molar-refractivity contribution in [3.05, 3.63) is 58.8 Å². The summed E-state index contributed by atoms with van der Waals surface area (Å²) in [6.07, 6.45) is 0. The Morgan fingerprint density at radius 3 is 2.75 bits per heavy atom. The van der Waals surface area contributed by atoms with Gasteiger partial charge in [-0.05, 0) is 37.1 Å². The first-order chi connectivity index (χ1) is 9.60. The van der Waals surface area contributed by atoms with Crippen LogP contribution in [-0.2, 0) is 5.75 Å². The Kier molecular flexibility index (Phi) is 4.63. The van der Waals surface area contributed by atoms with Crippen LogP contribution in [0.5, 0.6) is 0 Å². The van der Waals surface area contributed by atoms with Crippen molar-refractivity contribution in [3.63, 3.8) is 0 Å². The summed E-state index contributed by atoms with van der Waals surface area (Å²) >= 11 is 1.64. The van der Waals surface area contributed by atoms with E-state index < -0.39 is 0 Å². The number of nitrogens with zero attached hydrogens (tertiary/aromatic N) is 2. The number of hydrogen-bond acceptors (Lipinski definition) is 4.